The molecule has 0 unspecified atom stereocenters. The summed E-state index contributed by atoms with van der Waals surface area (Å²) in [7, 11) is 0. The van der Waals surface area contributed by atoms with Gasteiger partial charge in [-0.1, -0.05) is 6.42 Å². The number of ether oxygens (including phenoxy) is 2. The minimum Gasteiger partial charge on any atom is -0.488 e. The van der Waals surface area contributed by atoms with E-state index in [1.54, 1.807) is 0 Å². The van der Waals surface area contributed by atoms with Crippen LogP contribution in [0.25, 0.3) is 0 Å². The predicted octanol–water partition coefficient (Wildman–Crippen LogP) is 3.96. The summed E-state index contributed by atoms with van der Waals surface area (Å²) in [5, 5.41) is 0. The summed E-state index contributed by atoms with van der Waals surface area (Å²) < 4.78 is 11.2. The number of thioether (sulfide) groups is 2. The van der Waals surface area contributed by atoms with Crippen molar-refractivity contribution in [3.63, 3.8) is 0 Å². The number of carbonyl (C=O) groups is 1. The molecule has 1 aromatic heterocycles. The maximum atomic E-state index is 11.7. The molecule has 0 atom stereocenters. The van der Waals surface area contributed by atoms with Crippen molar-refractivity contribution in [1.82, 2.24) is 4.98 Å². The Labute approximate surface area is 147 Å². The number of fused-ring (bicyclic) bond motifs is 10. The number of carbonyl (C=O) groups excluding carboxylic acids is 1. The maximum absolute atomic E-state index is 11.7. The van der Waals surface area contributed by atoms with E-state index < -0.39 is 0 Å². The minimum absolute atomic E-state index is 0.449. The van der Waals surface area contributed by atoms with Gasteiger partial charge in [0, 0.05) is 24.3 Å². The van der Waals surface area contributed by atoms with E-state index in [0.29, 0.717) is 31.1 Å². The first-order valence-corrected chi connectivity index (χ1v) is 10.5. The molecule has 0 spiro atoms. The Morgan fingerprint density at radius 1 is 1.17 bits per heavy atom. The van der Waals surface area contributed by atoms with Crippen LogP contribution in [0.1, 0.15) is 47.8 Å². The van der Waals surface area contributed by atoms with Crippen LogP contribution in [0.2, 0.25) is 0 Å². The molecule has 0 radical (unpaired) electrons. The minimum atomic E-state index is 0.449. The second-order valence-corrected chi connectivity index (χ2v) is 7.51. The van der Waals surface area contributed by atoms with Crippen LogP contribution in [-0.4, -0.2) is 42.6 Å². The van der Waals surface area contributed by atoms with Gasteiger partial charge in [-0.15, -0.1) is 0 Å². The normalized spacial score (nSPS) is 16.2. The highest BCUT2D eigenvalue weighted by Gasteiger charge is 2.16. The Bertz CT molecular complexity index is 497. The lowest BCUT2D eigenvalue weighted by Gasteiger charge is -2.15. The quantitative estimate of drug-likeness (QED) is 0.569. The highest BCUT2D eigenvalue weighted by Crippen LogP contribution is 2.30. The lowest BCUT2D eigenvalue weighted by atomic mass is 10.1. The zero-order valence-electron chi connectivity index (χ0n) is 13.7. The lowest BCUT2D eigenvalue weighted by Crippen LogP contribution is -2.11. The molecule has 6 heteroatoms. The molecule has 3 rings (SSSR count). The van der Waals surface area contributed by atoms with Gasteiger partial charge in [-0.05, 0) is 36.8 Å². The van der Waals surface area contributed by atoms with Crippen LogP contribution >= 0.6 is 23.5 Å². The molecule has 3 heterocycles. The fourth-order valence-electron chi connectivity index (χ4n) is 2.38. The van der Waals surface area contributed by atoms with Gasteiger partial charge in [-0.2, -0.15) is 23.5 Å². The zero-order chi connectivity index (χ0) is 16.3. The first kappa shape index (κ1) is 18.6. The summed E-state index contributed by atoms with van der Waals surface area (Å²) in [5.41, 5.74) is 2.52. The molecule has 128 valence electrons. The summed E-state index contributed by atoms with van der Waals surface area (Å²) in [6.07, 6.45) is 6.52. The number of rotatable bonds is 6. The van der Waals surface area contributed by atoms with Crippen molar-refractivity contribution in [1.29, 1.82) is 0 Å². The van der Waals surface area contributed by atoms with E-state index in [1.807, 2.05) is 36.6 Å². The van der Waals surface area contributed by atoms with Crippen molar-refractivity contribution in [3.8, 4) is 5.75 Å². The Hall–Kier alpha value is -0.720. The Morgan fingerprint density at radius 3 is 2.70 bits per heavy atom. The van der Waals surface area contributed by atoms with E-state index in [1.165, 1.54) is 19.3 Å². The van der Waals surface area contributed by atoms with Gasteiger partial charge in [0.2, 0.25) is 0 Å². The van der Waals surface area contributed by atoms with Gasteiger partial charge in [0.15, 0.2) is 12.0 Å². The molecular weight excluding hydrogens is 330 g/mol. The monoisotopic (exact) mass is 355 g/mol. The summed E-state index contributed by atoms with van der Waals surface area (Å²) in [6, 6.07) is 0. The van der Waals surface area contributed by atoms with Crippen LogP contribution in [0.5, 0.6) is 5.75 Å². The summed E-state index contributed by atoms with van der Waals surface area (Å²) in [6.45, 7) is 3.60. The molecule has 23 heavy (non-hydrogen) atoms. The third-order valence-corrected chi connectivity index (χ3v) is 5.75. The Kier molecular flexibility index (Phi) is 8.86. The standard InChI is InChI=1S/C17H25NO3S2/c1-2-20-6-7-21-17-15(11-19)14-10-18-16(17)13-23-9-5-3-4-8-22-12-14/h10-11H,2-9,12-13H2,1H3. The van der Waals surface area contributed by atoms with E-state index in [4.69, 9.17) is 9.47 Å². The molecule has 2 aliphatic heterocycles. The smallest absolute Gasteiger partial charge is 0.154 e. The molecule has 2 bridgehead atoms. The topological polar surface area (TPSA) is 48.4 Å². The van der Waals surface area contributed by atoms with Crippen molar-refractivity contribution in [2.24, 2.45) is 0 Å². The Morgan fingerprint density at radius 2 is 1.96 bits per heavy atom. The van der Waals surface area contributed by atoms with Crippen LogP contribution in [0.15, 0.2) is 6.20 Å². The van der Waals surface area contributed by atoms with Crippen molar-refractivity contribution in [3.05, 3.63) is 23.0 Å². The average Bonchev–Trinajstić information content (AvgIpc) is 2.60. The molecule has 0 amide bonds. The number of aromatic nitrogens is 1. The molecule has 0 saturated heterocycles. The first-order chi connectivity index (χ1) is 11.4. The van der Waals surface area contributed by atoms with E-state index in [9.17, 15) is 4.79 Å². The molecule has 0 saturated carbocycles. The van der Waals surface area contributed by atoms with Crippen LogP contribution < -0.4 is 4.74 Å². The number of nitrogens with zero attached hydrogens (tertiary/aromatic N) is 1. The molecule has 4 nitrogen and oxygen atoms in total. The average molecular weight is 356 g/mol. The van der Waals surface area contributed by atoms with Crippen molar-refractivity contribution in [2.75, 3.05) is 31.3 Å². The summed E-state index contributed by atoms with van der Waals surface area (Å²) in [4.78, 5) is 16.2. The van der Waals surface area contributed by atoms with Crippen LogP contribution in [-0.2, 0) is 16.2 Å². The molecule has 0 N–H and O–H groups in total. The highest BCUT2D eigenvalue weighted by atomic mass is 32.2. The summed E-state index contributed by atoms with van der Waals surface area (Å²) >= 11 is 3.73. The van der Waals surface area contributed by atoms with Gasteiger partial charge in [-0.3, -0.25) is 9.78 Å². The van der Waals surface area contributed by atoms with Gasteiger partial charge in [0.05, 0.1) is 17.9 Å². The first-order valence-electron chi connectivity index (χ1n) is 8.18. The van der Waals surface area contributed by atoms with Crippen LogP contribution in [0, 0.1) is 0 Å². The van der Waals surface area contributed by atoms with Gasteiger partial charge >= 0.3 is 0 Å². The molecule has 2 aliphatic rings. The van der Waals surface area contributed by atoms with E-state index in [-0.39, 0.29) is 0 Å². The predicted molar refractivity (Wildman–Crippen MR) is 97.8 cm³/mol. The fourth-order valence-corrected chi connectivity index (χ4v) is 4.33. The lowest BCUT2D eigenvalue weighted by molar-refractivity contribution is 0.106. The maximum Gasteiger partial charge on any atom is 0.154 e. The second kappa shape index (κ2) is 10.9. The third-order valence-electron chi connectivity index (χ3n) is 3.60. The number of aldehydes is 1. The van der Waals surface area contributed by atoms with Gasteiger partial charge in [0.25, 0.3) is 0 Å². The molecule has 1 aromatic rings. The fraction of sp³-hybridized carbons (Fsp3) is 0.647. The van der Waals surface area contributed by atoms with E-state index in [2.05, 4.69) is 4.98 Å². The zero-order valence-corrected chi connectivity index (χ0v) is 15.3. The van der Waals surface area contributed by atoms with Crippen LogP contribution in [0.3, 0.4) is 0 Å². The molecule has 0 aliphatic carbocycles. The number of pyridine rings is 1. The van der Waals surface area contributed by atoms with Crippen molar-refractivity contribution >= 4 is 29.8 Å². The van der Waals surface area contributed by atoms with Crippen molar-refractivity contribution in [2.45, 2.75) is 37.7 Å². The van der Waals surface area contributed by atoms with Gasteiger partial charge < -0.3 is 9.47 Å². The Balaban J connectivity index is 2.20. The van der Waals surface area contributed by atoms with Gasteiger partial charge in [-0.25, -0.2) is 0 Å². The van der Waals surface area contributed by atoms with Crippen molar-refractivity contribution < 1.29 is 14.3 Å². The second-order valence-electron chi connectivity index (χ2n) is 5.30. The number of hydrogen-bond donors (Lipinski definition) is 0. The molecule has 0 fully saturated rings. The highest BCUT2D eigenvalue weighted by molar-refractivity contribution is 7.98. The summed E-state index contributed by atoms with van der Waals surface area (Å²) in [5.74, 6) is 4.52. The SMILES string of the molecule is CCOCCOc1c2ncc(c1C=O)CSCCCCCSC2. The van der Waals surface area contributed by atoms with E-state index in [0.717, 1.165) is 40.6 Å². The third kappa shape index (κ3) is 6.01. The number of hydrogen-bond acceptors (Lipinski definition) is 6. The molecule has 0 aromatic carbocycles. The largest absolute Gasteiger partial charge is 0.488 e. The molecular formula is C17H25NO3S2. The van der Waals surface area contributed by atoms with Crippen LogP contribution in [0.4, 0.5) is 0 Å². The van der Waals surface area contributed by atoms with Gasteiger partial charge in [0.1, 0.15) is 6.61 Å². The van der Waals surface area contributed by atoms with E-state index >= 15 is 0 Å².